The number of carbonyl (C=O) groups excluding carboxylic acids is 1. The number of hydrogen-bond acceptors (Lipinski definition) is 6. The Kier molecular flexibility index (Phi) is 4.22. The maximum Gasteiger partial charge on any atom is 0.275 e. The Balaban J connectivity index is 1.46. The zero-order valence-corrected chi connectivity index (χ0v) is 15.1. The molecule has 2 N–H and O–H groups in total. The minimum Gasteiger partial charge on any atom is -0.454 e. The standard InChI is InChI=1S/C19H17N3O3S/c1-11-5-12(2)7-14(6-11)20-18(23)15-9-26-19(22-15)21-13-3-4-16-17(8-13)25-10-24-16/h3-9H,10H2,1-2H3,(H,20,23)(H,21,22). The highest BCUT2D eigenvalue weighted by Crippen LogP contribution is 2.35. The van der Waals surface area contributed by atoms with Gasteiger partial charge in [0, 0.05) is 22.8 Å². The molecule has 26 heavy (non-hydrogen) atoms. The molecule has 4 rings (SSSR count). The van der Waals surface area contributed by atoms with Crippen LogP contribution in [0.1, 0.15) is 21.6 Å². The summed E-state index contributed by atoms with van der Waals surface area (Å²) in [6, 6.07) is 11.5. The number of carbonyl (C=O) groups is 1. The zero-order chi connectivity index (χ0) is 18.1. The van der Waals surface area contributed by atoms with E-state index in [1.54, 1.807) is 5.38 Å². The van der Waals surface area contributed by atoms with E-state index in [2.05, 4.69) is 21.7 Å². The van der Waals surface area contributed by atoms with Gasteiger partial charge in [-0.1, -0.05) is 6.07 Å². The van der Waals surface area contributed by atoms with Gasteiger partial charge in [0.1, 0.15) is 5.69 Å². The number of thiazole rings is 1. The van der Waals surface area contributed by atoms with Crippen LogP contribution in [0.3, 0.4) is 0 Å². The van der Waals surface area contributed by atoms with Crippen LogP contribution in [0.2, 0.25) is 0 Å². The van der Waals surface area contributed by atoms with Gasteiger partial charge in [-0.15, -0.1) is 11.3 Å². The summed E-state index contributed by atoms with van der Waals surface area (Å²) in [6.07, 6.45) is 0. The first-order chi connectivity index (χ1) is 12.6. The van der Waals surface area contributed by atoms with E-state index in [0.717, 1.165) is 28.3 Å². The molecule has 0 saturated carbocycles. The van der Waals surface area contributed by atoms with E-state index >= 15 is 0 Å². The van der Waals surface area contributed by atoms with Crippen molar-refractivity contribution in [3.05, 3.63) is 58.6 Å². The minimum absolute atomic E-state index is 0.231. The number of rotatable bonds is 4. The smallest absolute Gasteiger partial charge is 0.275 e. The lowest BCUT2D eigenvalue weighted by Crippen LogP contribution is -2.12. The predicted molar refractivity (Wildman–Crippen MR) is 102 cm³/mol. The number of nitrogens with zero attached hydrogens (tertiary/aromatic N) is 1. The Morgan fingerprint density at radius 3 is 2.62 bits per heavy atom. The average molecular weight is 367 g/mol. The Morgan fingerprint density at radius 2 is 1.81 bits per heavy atom. The van der Waals surface area contributed by atoms with Gasteiger partial charge in [0.15, 0.2) is 16.6 Å². The second-order valence-electron chi connectivity index (χ2n) is 6.06. The average Bonchev–Trinajstić information content (AvgIpc) is 3.22. The van der Waals surface area contributed by atoms with Crippen LogP contribution in [0.5, 0.6) is 11.5 Å². The van der Waals surface area contributed by atoms with Crippen molar-refractivity contribution in [2.45, 2.75) is 13.8 Å². The largest absolute Gasteiger partial charge is 0.454 e. The van der Waals surface area contributed by atoms with E-state index < -0.39 is 0 Å². The lowest BCUT2D eigenvalue weighted by atomic mass is 10.1. The van der Waals surface area contributed by atoms with Gasteiger partial charge in [0.05, 0.1) is 0 Å². The van der Waals surface area contributed by atoms with Gasteiger partial charge in [0.25, 0.3) is 5.91 Å². The van der Waals surface area contributed by atoms with Gasteiger partial charge in [-0.3, -0.25) is 4.79 Å². The number of fused-ring (bicyclic) bond motifs is 1. The molecule has 0 atom stereocenters. The lowest BCUT2D eigenvalue weighted by molar-refractivity contribution is 0.102. The lowest BCUT2D eigenvalue weighted by Gasteiger charge is -2.06. The zero-order valence-electron chi connectivity index (χ0n) is 14.3. The van der Waals surface area contributed by atoms with E-state index in [0.29, 0.717) is 16.6 Å². The summed E-state index contributed by atoms with van der Waals surface area (Å²) < 4.78 is 10.7. The highest BCUT2D eigenvalue weighted by molar-refractivity contribution is 7.14. The number of aromatic nitrogens is 1. The van der Waals surface area contributed by atoms with E-state index in [1.807, 2.05) is 44.2 Å². The molecule has 0 spiro atoms. The quantitative estimate of drug-likeness (QED) is 0.711. The van der Waals surface area contributed by atoms with Crippen molar-refractivity contribution in [3.63, 3.8) is 0 Å². The SMILES string of the molecule is Cc1cc(C)cc(NC(=O)c2csc(Nc3ccc4c(c3)OCO4)n2)c1. The summed E-state index contributed by atoms with van der Waals surface area (Å²) in [5.41, 5.74) is 4.17. The number of amides is 1. The Morgan fingerprint density at radius 1 is 1.04 bits per heavy atom. The van der Waals surface area contributed by atoms with Gasteiger partial charge >= 0.3 is 0 Å². The Hall–Kier alpha value is -3.06. The molecule has 1 amide bonds. The molecular weight excluding hydrogens is 350 g/mol. The topological polar surface area (TPSA) is 72.5 Å². The van der Waals surface area contributed by atoms with Gasteiger partial charge < -0.3 is 20.1 Å². The number of nitrogens with one attached hydrogen (secondary N) is 2. The summed E-state index contributed by atoms with van der Waals surface area (Å²) >= 11 is 1.37. The van der Waals surface area contributed by atoms with Crippen molar-refractivity contribution < 1.29 is 14.3 Å². The molecule has 7 heteroatoms. The Bertz CT molecular complexity index is 964. The second-order valence-corrected chi connectivity index (χ2v) is 6.92. The van der Waals surface area contributed by atoms with Crippen LogP contribution in [-0.4, -0.2) is 17.7 Å². The molecule has 0 fully saturated rings. The summed E-state index contributed by atoms with van der Waals surface area (Å²) in [7, 11) is 0. The van der Waals surface area contributed by atoms with Crippen LogP contribution in [0, 0.1) is 13.8 Å². The summed E-state index contributed by atoms with van der Waals surface area (Å²) in [5, 5.41) is 8.44. The molecule has 1 aromatic heterocycles. The molecule has 1 aliphatic heterocycles. The van der Waals surface area contributed by atoms with Gasteiger partial charge in [-0.25, -0.2) is 4.98 Å². The van der Waals surface area contributed by atoms with Gasteiger partial charge in [-0.05, 0) is 49.2 Å². The molecule has 0 bridgehead atoms. The normalized spacial score (nSPS) is 12.1. The number of hydrogen-bond donors (Lipinski definition) is 2. The fraction of sp³-hybridized carbons (Fsp3) is 0.158. The van der Waals surface area contributed by atoms with Crippen LogP contribution in [-0.2, 0) is 0 Å². The first-order valence-corrected chi connectivity index (χ1v) is 8.97. The molecular formula is C19H17N3O3S. The maximum atomic E-state index is 12.4. The van der Waals surface area contributed by atoms with Crippen LogP contribution in [0.25, 0.3) is 0 Å². The minimum atomic E-state index is -0.231. The molecule has 6 nitrogen and oxygen atoms in total. The molecule has 1 aliphatic rings. The van der Waals surface area contributed by atoms with Crippen molar-refractivity contribution in [2.24, 2.45) is 0 Å². The van der Waals surface area contributed by atoms with Gasteiger partial charge in [0.2, 0.25) is 6.79 Å². The highest BCUT2D eigenvalue weighted by Gasteiger charge is 2.15. The van der Waals surface area contributed by atoms with Crippen molar-refractivity contribution >= 4 is 33.8 Å². The monoisotopic (exact) mass is 367 g/mol. The first-order valence-electron chi connectivity index (χ1n) is 8.09. The van der Waals surface area contributed by atoms with Crippen molar-refractivity contribution in [2.75, 3.05) is 17.4 Å². The number of aryl methyl sites for hydroxylation is 2. The van der Waals surface area contributed by atoms with Crippen molar-refractivity contribution in [3.8, 4) is 11.5 Å². The third-order valence-corrected chi connectivity index (χ3v) is 4.60. The van der Waals surface area contributed by atoms with Crippen LogP contribution < -0.4 is 20.1 Å². The number of ether oxygens (including phenoxy) is 2. The second kappa shape index (κ2) is 6.68. The van der Waals surface area contributed by atoms with E-state index in [1.165, 1.54) is 11.3 Å². The summed E-state index contributed by atoms with van der Waals surface area (Å²) in [4.78, 5) is 16.8. The Labute approximate surface area is 154 Å². The molecule has 0 aliphatic carbocycles. The predicted octanol–water partition coefficient (Wildman–Crippen LogP) is 4.48. The van der Waals surface area contributed by atoms with E-state index in [-0.39, 0.29) is 12.7 Å². The molecule has 3 aromatic rings. The molecule has 2 heterocycles. The van der Waals surface area contributed by atoms with Crippen molar-refractivity contribution in [1.82, 2.24) is 4.98 Å². The summed E-state index contributed by atoms with van der Waals surface area (Å²) in [6.45, 7) is 4.23. The maximum absolute atomic E-state index is 12.4. The van der Waals surface area contributed by atoms with Crippen LogP contribution in [0.4, 0.5) is 16.5 Å². The molecule has 2 aromatic carbocycles. The first kappa shape index (κ1) is 16.4. The molecule has 0 radical (unpaired) electrons. The highest BCUT2D eigenvalue weighted by atomic mass is 32.1. The summed E-state index contributed by atoms with van der Waals surface area (Å²) in [5.74, 6) is 1.19. The molecule has 0 unspecified atom stereocenters. The van der Waals surface area contributed by atoms with Crippen LogP contribution >= 0.6 is 11.3 Å². The third kappa shape index (κ3) is 3.48. The fourth-order valence-corrected chi connectivity index (χ4v) is 3.49. The number of benzene rings is 2. The molecule has 0 saturated heterocycles. The van der Waals surface area contributed by atoms with Crippen molar-refractivity contribution in [1.29, 1.82) is 0 Å². The van der Waals surface area contributed by atoms with Gasteiger partial charge in [-0.2, -0.15) is 0 Å². The van der Waals surface area contributed by atoms with E-state index in [4.69, 9.17) is 9.47 Å². The number of anilines is 3. The van der Waals surface area contributed by atoms with E-state index in [9.17, 15) is 4.79 Å². The fourth-order valence-electron chi connectivity index (χ4n) is 2.78. The molecule has 132 valence electrons. The third-order valence-electron chi connectivity index (χ3n) is 3.84. The van der Waals surface area contributed by atoms with Crippen LogP contribution in [0.15, 0.2) is 41.8 Å².